The largest absolute Gasteiger partial charge is 0.481 e. The summed E-state index contributed by atoms with van der Waals surface area (Å²) in [5, 5.41) is 8.70. The normalized spacial score (nSPS) is 16.7. The summed E-state index contributed by atoms with van der Waals surface area (Å²) >= 11 is 0. The lowest BCUT2D eigenvalue weighted by Gasteiger charge is -2.26. The monoisotopic (exact) mass is 247 g/mol. The number of carbonyl (C=O) groups is 1. The molecule has 1 aliphatic rings. The molecule has 0 aromatic heterocycles. The van der Waals surface area contributed by atoms with Crippen molar-refractivity contribution in [1.29, 1.82) is 0 Å². The summed E-state index contributed by atoms with van der Waals surface area (Å²) in [4.78, 5) is 13.1. The van der Waals surface area contributed by atoms with Gasteiger partial charge in [0.15, 0.2) is 0 Å². The number of aliphatic carboxylic acids is 1. The average Bonchev–Trinajstić information content (AvgIpc) is 2.38. The maximum Gasteiger partial charge on any atom is 0.307 e. The maximum atomic E-state index is 10.6. The van der Waals surface area contributed by atoms with Gasteiger partial charge in [-0.05, 0) is 43.5 Å². The molecule has 1 aliphatic heterocycles. The van der Waals surface area contributed by atoms with Crippen molar-refractivity contribution in [2.75, 3.05) is 19.6 Å². The van der Waals surface area contributed by atoms with Crippen molar-refractivity contribution in [3.05, 3.63) is 35.4 Å². The average molecular weight is 247 g/mol. The Kier molecular flexibility index (Phi) is 4.76. The molecule has 1 fully saturated rings. The second kappa shape index (κ2) is 6.55. The van der Waals surface area contributed by atoms with E-state index in [9.17, 15) is 4.79 Å². The second-order valence-electron chi connectivity index (χ2n) is 5.04. The first kappa shape index (κ1) is 13.1. The number of carboxylic acid groups (broad SMARTS) is 1. The number of nitrogens with zero attached hydrogens (tertiary/aromatic N) is 1. The van der Waals surface area contributed by atoms with Crippen LogP contribution in [0.1, 0.15) is 30.4 Å². The Morgan fingerprint density at radius 1 is 1.06 bits per heavy atom. The molecule has 1 aromatic carbocycles. The van der Waals surface area contributed by atoms with Crippen LogP contribution in [0.4, 0.5) is 0 Å². The lowest BCUT2D eigenvalue weighted by atomic mass is 10.1. The first-order valence-electron chi connectivity index (χ1n) is 6.76. The van der Waals surface area contributed by atoms with E-state index in [-0.39, 0.29) is 6.42 Å². The van der Waals surface area contributed by atoms with Gasteiger partial charge in [-0.25, -0.2) is 0 Å². The van der Waals surface area contributed by atoms with Crippen molar-refractivity contribution < 1.29 is 9.90 Å². The molecule has 1 N–H and O–H groups in total. The predicted octanol–water partition coefficient (Wildman–Crippen LogP) is 2.34. The molecule has 2 rings (SSSR count). The topological polar surface area (TPSA) is 40.5 Å². The highest BCUT2D eigenvalue weighted by molar-refractivity contribution is 5.70. The summed E-state index contributed by atoms with van der Waals surface area (Å²) in [6, 6.07) is 7.98. The molecular weight excluding hydrogens is 226 g/mol. The SMILES string of the molecule is O=C(O)Cc1ccc(CCN2CCCCC2)cc1. The third-order valence-electron chi connectivity index (χ3n) is 3.54. The van der Waals surface area contributed by atoms with Crippen LogP contribution in [0.15, 0.2) is 24.3 Å². The third kappa shape index (κ3) is 4.15. The lowest BCUT2D eigenvalue weighted by Crippen LogP contribution is -2.31. The Labute approximate surface area is 108 Å². The second-order valence-corrected chi connectivity index (χ2v) is 5.04. The molecule has 0 amide bonds. The molecule has 1 aromatic rings. The van der Waals surface area contributed by atoms with E-state index in [1.54, 1.807) is 0 Å². The van der Waals surface area contributed by atoms with Crippen molar-refractivity contribution in [1.82, 2.24) is 4.90 Å². The van der Waals surface area contributed by atoms with E-state index < -0.39 is 5.97 Å². The Morgan fingerprint density at radius 2 is 1.67 bits per heavy atom. The smallest absolute Gasteiger partial charge is 0.307 e. The van der Waals surface area contributed by atoms with Crippen molar-refractivity contribution in [2.24, 2.45) is 0 Å². The molecule has 98 valence electrons. The van der Waals surface area contributed by atoms with Crippen LogP contribution in [-0.4, -0.2) is 35.6 Å². The van der Waals surface area contributed by atoms with Gasteiger partial charge in [-0.2, -0.15) is 0 Å². The van der Waals surface area contributed by atoms with Crippen LogP contribution < -0.4 is 0 Å². The fourth-order valence-electron chi connectivity index (χ4n) is 2.47. The molecule has 0 spiro atoms. The van der Waals surface area contributed by atoms with E-state index in [0.29, 0.717) is 0 Å². The van der Waals surface area contributed by atoms with E-state index in [4.69, 9.17) is 5.11 Å². The quantitative estimate of drug-likeness (QED) is 0.868. The molecule has 1 heterocycles. The zero-order valence-corrected chi connectivity index (χ0v) is 10.8. The zero-order valence-electron chi connectivity index (χ0n) is 10.8. The van der Waals surface area contributed by atoms with Crippen LogP contribution >= 0.6 is 0 Å². The zero-order chi connectivity index (χ0) is 12.8. The number of hydrogen-bond donors (Lipinski definition) is 1. The molecule has 1 saturated heterocycles. The van der Waals surface area contributed by atoms with Gasteiger partial charge in [0.1, 0.15) is 0 Å². The predicted molar refractivity (Wildman–Crippen MR) is 71.8 cm³/mol. The summed E-state index contributed by atoms with van der Waals surface area (Å²) in [5.74, 6) is -0.768. The summed E-state index contributed by atoms with van der Waals surface area (Å²) in [6.07, 6.45) is 5.22. The van der Waals surface area contributed by atoms with Crippen LogP contribution in [0.3, 0.4) is 0 Å². The van der Waals surface area contributed by atoms with Crippen LogP contribution in [0.25, 0.3) is 0 Å². The summed E-state index contributed by atoms with van der Waals surface area (Å²) < 4.78 is 0. The van der Waals surface area contributed by atoms with Crippen LogP contribution in [0.2, 0.25) is 0 Å². The van der Waals surface area contributed by atoms with Gasteiger partial charge in [-0.3, -0.25) is 4.79 Å². The highest BCUT2D eigenvalue weighted by Gasteiger charge is 2.09. The Bertz CT molecular complexity index is 380. The first-order chi connectivity index (χ1) is 8.74. The van der Waals surface area contributed by atoms with Gasteiger partial charge in [-0.15, -0.1) is 0 Å². The molecule has 0 unspecified atom stereocenters. The van der Waals surface area contributed by atoms with Crippen molar-refractivity contribution in [3.63, 3.8) is 0 Å². The molecule has 0 aliphatic carbocycles. The van der Waals surface area contributed by atoms with Gasteiger partial charge in [-0.1, -0.05) is 30.7 Å². The van der Waals surface area contributed by atoms with Gasteiger partial charge in [0.25, 0.3) is 0 Å². The number of piperidine rings is 1. The minimum absolute atomic E-state index is 0.117. The number of likely N-dealkylation sites (tertiary alicyclic amines) is 1. The molecule has 0 saturated carbocycles. The highest BCUT2D eigenvalue weighted by atomic mass is 16.4. The van der Waals surface area contributed by atoms with Crippen LogP contribution in [-0.2, 0) is 17.6 Å². The fraction of sp³-hybridized carbons (Fsp3) is 0.533. The number of benzene rings is 1. The van der Waals surface area contributed by atoms with Gasteiger partial charge < -0.3 is 10.0 Å². The number of hydrogen-bond acceptors (Lipinski definition) is 2. The molecular formula is C15H21NO2. The highest BCUT2D eigenvalue weighted by Crippen LogP contribution is 2.11. The minimum atomic E-state index is -0.768. The Balaban J connectivity index is 1.80. The van der Waals surface area contributed by atoms with E-state index in [1.165, 1.54) is 37.9 Å². The van der Waals surface area contributed by atoms with Crippen LogP contribution in [0, 0.1) is 0 Å². The van der Waals surface area contributed by atoms with Gasteiger partial charge >= 0.3 is 5.97 Å². The molecule has 18 heavy (non-hydrogen) atoms. The molecule has 3 heteroatoms. The molecule has 0 radical (unpaired) electrons. The van der Waals surface area contributed by atoms with Gasteiger partial charge in [0, 0.05) is 6.54 Å². The van der Waals surface area contributed by atoms with E-state index >= 15 is 0 Å². The molecule has 3 nitrogen and oxygen atoms in total. The van der Waals surface area contributed by atoms with E-state index in [1.807, 2.05) is 12.1 Å². The Hall–Kier alpha value is -1.35. The maximum absolute atomic E-state index is 10.6. The summed E-state index contributed by atoms with van der Waals surface area (Å²) in [7, 11) is 0. The van der Waals surface area contributed by atoms with Crippen LogP contribution in [0.5, 0.6) is 0 Å². The summed E-state index contributed by atoms with van der Waals surface area (Å²) in [5.41, 5.74) is 2.18. The van der Waals surface area contributed by atoms with E-state index in [0.717, 1.165) is 18.5 Å². The third-order valence-corrected chi connectivity index (χ3v) is 3.54. The molecule has 0 bridgehead atoms. The van der Waals surface area contributed by atoms with Crippen molar-refractivity contribution >= 4 is 5.97 Å². The minimum Gasteiger partial charge on any atom is -0.481 e. The van der Waals surface area contributed by atoms with Crippen molar-refractivity contribution in [2.45, 2.75) is 32.1 Å². The van der Waals surface area contributed by atoms with Gasteiger partial charge in [0.2, 0.25) is 0 Å². The fourth-order valence-corrected chi connectivity index (χ4v) is 2.47. The number of rotatable bonds is 5. The lowest BCUT2D eigenvalue weighted by molar-refractivity contribution is -0.136. The molecule has 0 atom stereocenters. The Morgan fingerprint density at radius 3 is 2.28 bits per heavy atom. The van der Waals surface area contributed by atoms with Gasteiger partial charge in [0.05, 0.1) is 6.42 Å². The standard InChI is InChI=1S/C15H21NO2/c17-15(18)12-14-6-4-13(5-7-14)8-11-16-9-2-1-3-10-16/h4-7H,1-3,8-12H2,(H,17,18). The summed E-state index contributed by atoms with van der Waals surface area (Å²) in [6.45, 7) is 3.59. The van der Waals surface area contributed by atoms with Crippen molar-refractivity contribution in [3.8, 4) is 0 Å². The van der Waals surface area contributed by atoms with E-state index in [2.05, 4.69) is 17.0 Å². The first-order valence-corrected chi connectivity index (χ1v) is 6.76. The number of carboxylic acids is 1.